The van der Waals surface area contributed by atoms with Gasteiger partial charge in [-0.25, -0.2) is 9.38 Å². The van der Waals surface area contributed by atoms with Crippen LogP contribution in [0.15, 0.2) is 77.0 Å². The number of hydrogen-bond acceptors (Lipinski definition) is 4. The number of benzene rings is 2. The summed E-state index contributed by atoms with van der Waals surface area (Å²) >= 11 is 0. The Morgan fingerprint density at radius 1 is 1.07 bits per heavy atom. The quantitative estimate of drug-likeness (QED) is 0.709. The zero-order valence-electron chi connectivity index (χ0n) is 16.2. The maximum atomic E-state index is 13.5. The Hall–Kier alpha value is -3.67. The van der Waals surface area contributed by atoms with Crippen molar-refractivity contribution in [3.8, 4) is 0 Å². The molecule has 2 aliphatic rings. The second-order valence-electron chi connectivity index (χ2n) is 7.37. The Bertz CT molecular complexity index is 1170. The molecule has 0 fully saturated rings. The lowest BCUT2D eigenvalue weighted by Gasteiger charge is -2.15. The summed E-state index contributed by atoms with van der Waals surface area (Å²) in [7, 11) is 0. The molecule has 1 amide bonds. The van der Waals surface area contributed by atoms with Gasteiger partial charge in [0.25, 0.3) is 5.91 Å². The van der Waals surface area contributed by atoms with Crippen LogP contribution in [0.1, 0.15) is 33.9 Å². The molecule has 0 aliphatic carbocycles. The van der Waals surface area contributed by atoms with Crippen molar-refractivity contribution in [3.05, 3.63) is 94.8 Å². The van der Waals surface area contributed by atoms with Crippen molar-refractivity contribution in [2.75, 3.05) is 6.67 Å². The van der Waals surface area contributed by atoms with E-state index in [4.69, 9.17) is 0 Å². The van der Waals surface area contributed by atoms with Crippen LogP contribution >= 0.6 is 0 Å². The van der Waals surface area contributed by atoms with Crippen LogP contribution in [0.25, 0.3) is 0 Å². The van der Waals surface area contributed by atoms with E-state index in [1.165, 1.54) is 0 Å². The molecule has 5 nitrogen and oxygen atoms in total. The van der Waals surface area contributed by atoms with E-state index >= 15 is 0 Å². The van der Waals surface area contributed by atoms with E-state index in [1.807, 2.05) is 36.4 Å². The molecule has 1 atom stereocenters. The normalized spacial score (nSPS) is 15.1. The Morgan fingerprint density at radius 2 is 1.87 bits per heavy atom. The number of rotatable bonds is 5. The second kappa shape index (κ2) is 7.63. The van der Waals surface area contributed by atoms with Crippen molar-refractivity contribution < 1.29 is 9.18 Å². The molecule has 0 spiro atoms. The zero-order valence-corrected chi connectivity index (χ0v) is 16.2. The Balaban J connectivity index is 1.38. The minimum Gasteiger partial charge on any atom is -0.342 e. The maximum absolute atomic E-state index is 13.5. The largest absolute Gasteiger partial charge is 0.342 e. The number of alkyl halides is 1. The molecule has 0 radical (unpaired) electrons. The standard InChI is InChI=1S/C24H19FN4O/c25-13-22(15-4-2-1-3-5-15)29-24(30)21-11-17-10-18-14-27-23(16-6-8-26-9-7-16)19(18)12-20(17)28-21/h1-10,12,22H,11,13-14H2,(H,29,30). The van der Waals surface area contributed by atoms with Gasteiger partial charge in [-0.1, -0.05) is 36.4 Å². The first-order chi connectivity index (χ1) is 14.7. The van der Waals surface area contributed by atoms with E-state index in [1.54, 1.807) is 24.5 Å². The SMILES string of the molecule is O=C(NC(CF)c1ccccc1)C1=Nc2cc3c(cc2C1)CN=C3c1ccncc1. The lowest BCUT2D eigenvalue weighted by Crippen LogP contribution is -2.35. The Morgan fingerprint density at radius 3 is 2.63 bits per heavy atom. The van der Waals surface area contributed by atoms with E-state index in [0.717, 1.165) is 39.2 Å². The van der Waals surface area contributed by atoms with Gasteiger partial charge in [-0.3, -0.25) is 14.8 Å². The van der Waals surface area contributed by atoms with Crippen molar-refractivity contribution in [2.45, 2.75) is 19.0 Å². The number of carbonyl (C=O) groups is 1. The summed E-state index contributed by atoms with van der Waals surface area (Å²) in [5.74, 6) is -0.333. The van der Waals surface area contributed by atoms with Gasteiger partial charge in [0.15, 0.2) is 0 Å². The topological polar surface area (TPSA) is 66.7 Å². The van der Waals surface area contributed by atoms with Gasteiger partial charge in [0, 0.05) is 29.9 Å². The number of aliphatic imine (C=N–C) groups is 2. The molecule has 3 heterocycles. The maximum Gasteiger partial charge on any atom is 0.266 e. The van der Waals surface area contributed by atoms with Gasteiger partial charge in [0.1, 0.15) is 12.4 Å². The molecule has 3 aromatic rings. The highest BCUT2D eigenvalue weighted by atomic mass is 19.1. The number of hydrogen-bond donors (Lipinski definition) is 1. The van der Waals surface area contributed by atoms with Crippen molar-refractivity contribution in [1.29, 1.82) is 0 Å². The molecule has 1 unspecified atom stereocenters. The first kappa shape index (κ1) is 18.4. The predicted octanol–water partition coefficient (Wildman–Crippen LogP) is 3.89. The Labute approximate surface area is 173 Å². The number of aromatic nitrogens is 1. The summed E-state index contributed by atoms with van der Waals surface area (Å²) in [6.07, 6.45) is 3.93. The van der Waals surface area contributed by atoms with Gasteiger partial charge in [-0.15, -0.1) is 0 Å². The number of halogens is 1. The highest BCUT2D eigenvalue weighted by Crippen LogP contribution is 2.34. The summed E-state index contributed by atoms with van der Waals surface area (Å²) < 4.78 is 13.5. The number of nitrogens with zero attached hydrogens (tertiary/aromatic N) is 3. The van der Waals surface area contributed by atoms with Crippen LogP contribution in [0.5, 0.6) is 0 Å². The average Bonchev–Trinajstić information content (AvgIpc) is 3.40. The van der Waals surface area contributed by atoms with Crippen LogP contribution in [-0.2, 0) is 17.8 Å². The summed E-state index contributed by atoms with van der Waals surface area (Å²) in [6, 6.07) is 16.4. The molecular weight excluding hydrogens is 379 g/mol. The number of carbonyl (C=O) groups excluding carboxylic acids is 1. The van der Waals surface area contributed by atoms with Crippen LogP contribution < -0.4 is 5.32 Å². The number of fused-ring (bicyclic) bond motifs is 2. The molecule has 1 aromatic heterocycles. The van der Waals surface area contributed by atoms with E-state index in [2.05, 4.69) is 26.4 Å². The third kappa shape index (κ3) is 3.30. The molecule has 2 aliphatic heterocycles. The summed E-state index contributed by atoms with van der Waals surface area (Å²) in [6.45, 7) is -0.0598. The van der Waals surface area contributed by atoms with Crippen LogP contribution in [0, 0.1) is 0 Å². The minimum atomic E-state index is -0.680. The fourth-order valence-corrected chi connectivity index (χ4v) is 3.92. The molecule has 0 bridgehead atoms. The first-order valence-electron chi connectivity index (χ1n) is 9.83. The summed E-state index contributed by atoms with van der Waals surface area (Å²) in [4.78, 5) is 26.0. The van der Waals surface area contributed by atoms with Crippen molar-refractivity contribution in [2.24, 2.45) is 9.98 Å². The van der Waals surface area contributed by atoms with Crippen LogP contribution in [-0.4, -0.2) is 29.0 Å². The van der Waals surface area contributed by atoms with Gasteiger partial charge in [-0.2, -0.15) is 0 Å². The second-order valence-corrected chi connectivity index (χ2v) is 7.37. The van der Waals surface area contributed by atoms with E-state index in [9.17, 15) is 9.18 Å². The van der Waals surface area contributed by atoms with Crippen molar-refractivity contribution >= 4 is 23.0 Å². The average molecular weight is 398 g/mol. The molecule has 30 heavy (non-hydrogen) atoms. The summed E-state index contributed by atoms with van der Waals surface area (Å²) in [5.41, 5.74) is 7.02. The van der Waals surface area contributed by atoms with E-state index in [0.29, 0.717) is 18.7 Å². The number of pyridine rings is 1. The molecule has 5 rings (SSSR count). The van der Waals surface area contributed by atoms with Gasteiger partial charge < -0.3 is 5.32 Å². The third-order valence-electron chi connectivity index (χ3n) is 5.46. The molecule has 148 valence electrons. The third-order valence-corrected chi connectivity index (χ3v) is 5.46. The monoisotopic (exact) mass is 398 g/mol. The number of nitrogens with one attached hydrogen (secondary N) is 1. The first-order valence-corrected chi connectivity index (χ1v) is 9.83. The van der Waals surface area contributed by atoms with Crippen LogP contribution in [0.2, 0.25) is 0 Å². The van der Waals surface area contributed by atoms with Gasteiger partial charge in [-0.05, 0) is 34.9 Å². The lowest BCUT2D eigenvalue weighted by atomic mass is 9.97. The summed E-state index contributed by atoms with van der Waals surface area (Å²) in [5, 5.41) is 2.78. The lowest BCUT2D eigenvalue weighted by molar-refractivity contribution is -0.115. The fourth-order valence-electron chi connectivity index (χ4n) is 3.92. The van der Waals surface area contributed by atoms with E-state index in [-0.39, 0.29) is 5.91 Å². The van der Waals surface area contributed by atoms with E-state index < -0.39 is 12.7 Å². The molecule has 2 aromatic carbocycles. The van der Waals surface area contributed by atoms with Crippen molar-refractivity contribution in [1.82, 2.24) is 10.3 Å². The predicted molar refractivity (Wildman–Crippen MR) is 114 cm³/mol. The Kier molecular flexibility index (Phi) is 4.67. The molecular formula is C24H19FN4O. The smallest absolute Gasteiger partial charge is 0.266 e. The van der Waals surface area contributed by atoms with Gasteiger partial charge >= 0.3 is 0 Å². The fraction of sp³-hybridized carbons (Fsp3) is 0.167. The number of amides is 1. The molecule has 0 saturated heterocycles. The molecule has 6 heteroatoms. The minimum absolute atomic E-state index is 0.333. The van der Waals surface area contributed by atoms with Gasteiger partial charge in [0.05, 0.1) is 24.0 Å². The zero-order chi connectivity index (χ0) is 20.5. The highest BCUT2D eigenvalue weighted by Gasteiger charge is 2.27. The highest BCUT2D eigenvalue weighted by molar-refractivity contribution is 6.41. The van der Waals surface area contributed by atoms with Crippen LogP contribution in [0.4, 0.5) is 10.1 Å². The van der Waals surface area contributed by atoms with Crippen molar-refractivity contribution in [3.63, 3.8) is 0 Å². The van der Waals surface area contributed by atoms with Crippen LogP contribution in [0.3, 0.4) is 0 Å². The van der Waals surface area contributed by atoms with Gasteiger partial charge in [0.2, 0.25) is 0 Å². The molecule has 1 N–H and O–H groups in total. The molecule has 0 saturated carbocycles.